The Kier molecular flexibility index (Phi) is 4.50. The minimum absolute atomic E-state index is 0.258. The van der Waals surface area contributed by atoms with E-state index in [4.69, 9.17) is 6.42 Å². The summed E-state index contributed by atoms with van der Waals surface area (Å²) >= 11 is 0. The van der Waals surface area contributed by atoms with E-state index in [1.165, 1.54) is 5.56 Å². The van der Waals surface area contributed by atoms with Crippen molar-refractivity contribution in [3.63, 3.8) is 0 Å². The van der Waals surface area contributed by atoms with Gasteiger partial charge in [0.15, 0.2) is 0 Å². The maximum absolute atomic E-state index is 11.3. The highest BCUT2D eigenvalue weighted by Crippen LogP contribution is 2.15. The van der Waals surface area contributed by atoms with Crippen LogP contribution in [-0.4, -0.2) is 28.0 Å². The number of hydrogen-bond donors (Lipinski definition) is 0. The van der Waals surface area contributed by atoms with Gasteiger partial charge in [-0.25, -0.2) is 0 Å². The van der Waals surface area contributed by atoms with Gasteiger partial charge in [-0.05, 0) is 38.6 Å². The summed E-state index contributed by atoms with van der Waals surface area (Å²) in [6, 6.07) is 7.81. The molecule has 0 heterocycles. The van der Waals surface area contributed by atoms with E-state index in [0.717, 1.165) is 11.4 Å². The van der Waals surface area contributed by atoms with Crippen molar-refractivity contribution in [3.8, 4) is 12.3 Å². The summed E-state index contributed by atoms with van der Waals surface area (Å²) in [6.45, 7) is 4.82. The van der Waals surface area contributed by atoms with Crippen LogP contribution in [0.1, 0.15) is 19.4 Å². The lowest BCUT2D eigenvalue weighted by atomic mass is 10.0. The van der Waals surface area contributed by atoms with Crippen molar-refractivity contribution in [2.45, 2.75) is 30.8 Å². The van der Waals surface area contributed by atoms with Crippen molar-refractivity contribution in [1.82, 2.24) is 4.90 Å². The van der Waals surface area contributed by atoms with Crippen LogP contribution in [0.3, 0.4) is 0 Å². The fraction of sp³-hybridized carbons (Fsp3) is 0.429. The summed E-state index contributed by atoms with van der Waals surface area (Å²) in [5, 5.41) is 0. The molecule has 0 saturated carbocycles. The van der Waals surface area contributed by atoms with E-state index in [1.54, 1.807) is 6.26 Å². The minimum Gasteiger partial charge on any atom is -0.287 e. The Balaban J connectivity index is 2.77. The molecule has 0 aliphatic rings. The molecule has 0 amide bonds. The zero-order chi connectivity index (χ0) is 13.1. The van der Waals surface area contributed by atoms with Crippen LogP contribution in [0.2, 0.25) is 0 Å². The molecule has 1 aromatic rings. The van der Waals surface area contributed by atoms with E-state index >= 15 is 0 Å². The SMILES string of the molecule is C#CC(C)(C)N(C)Cc1ccc(S(C)=O)cc1. The fourth-order valence-corrected chi connectivity index (χ4v) is 1.89. The van der Waals surface area contributed by atoms with E-state index in [2.05, 4.69) is 10.8 Å². The zero-order valence-corrected chi connectivity index (χ0v) is 11.7. The Morgan fingerprint density at radius 2 is 1.88 bits per heavy atom. The second kappa shape index (κ2) is 5.48. The summed E-state index contributed by atoms with van der Waals surface area (Å²) in [4.78, 5) is 2.97. The highest BCUT2D eigenvalue weighted by Gasteiger charge is 2.20. The average molecular weight is 249 g/mol. The molecule has 0 N–H and O–H groups in total. The number of benzene rings is 1. The van der Waals surface area contributed by atoms with Crippen LogP contribution < -0.4 is 0 Å². The Bertz CT molecular complexity index is 442. The second-order valence-corrected chi connectivity index (χ2v) is 6.04. The first-order valence-corrected chi connectivity index (χ1v) is 7.04. The summed E-state index contributed by atoms with van der Waals surface area (Å²) in [6.07, 6.45) is 7.18. The molecule has 0 saturated heterocycles. The first kappa shape index (κ1) is 14.0. The number of nitrogens with zero attached hydrogens (tertiary/aromatic N) is 1. The van der Waals surface area contributed by atoms with E-state index in [0.29, 0.717) is 0 Å². The average Bonchev–Trinajstić information content (AvgIpc) is 2.29. The van der Waals surface area contributed by atoms with Gasteiger partial charge in [-0.15, -0.1) is 6.42 Å². The molecular weight excluding hydrogens is 230 g/mol. The van der Waals surface area contributed by atoms with Gasteiger partial charge in [0, 0.05) is 28.5 Å². The van der Waals surface area contributed by atoms with Gasteiger partial charge in [-0.1, -0.05) is 18.1 Å². The molecule has 1 rings (SSSR count). The third kappa shape index (κ3) is 3.69. The van der Waals surface area contributed by atoms with Crippen LogP contribution in [0, 0.1) is 12.3 Å². The molecule has 2 nitrogen and oxygen atoms in total. The number of terminal acetylenes is 1. The van der Waals surface area contributed by atoms with E-state index in [-0.39, 0.29) is 5.54 Å². The molecule has 0 aliphatic carbocycles. The molecule has 0 spiro atoms. The monoisotopic (exact) mass is 249 g/mol. The lowest BCUT2D eigenvalue weighted by Crippen LogP contribution is -2.38. The van der Waals surface area contributed by atoms with Gasteiger partial charge in [0.05, 0.1) is 5.54 Å². The van der Waals surface area contributed by atoms with Gasteiger partial charge < -0.3 is 0 Å². The maximum atomic E-state index is 11.3. The van der Waals surface area contributed by atoms with Crippen molar-refractivity contribution in [2.24, 2.45) is 0 Å². The standard InChI is InChI=1S/C14H19NOS/c1-6-14(2,3)15(4)11-12-7-9-13(10-8-12)17(5)16/h1,7-10H,11H2,2-5H3. The fourth-order valence-electron chi connectivity index (χ4n) is 1.37. The van der Waals surface area contributed by atoms with Gasteiger partial charge in [-0.3, -0.25) is 9.11 Å². The Morgan fingerprint density at radius 1 is 1.35 bits per heavy atom. The van der Waals surface area contributed by atoms with Gasteiger partial charge in [0.25, 0.3) is 0 Å². The third-order valence-corrected chi connectivity index (χ3v) is 3.92. The number of hydrogen-bond acceptors (Lipinski definition) is 2. The summed E-state index contributed by atoms with van der Waals surface area (Å²) < 4.78 is 11.3. The van der Waals surface area contributed by atoms with E-state index < -0.39 is 10.8 Å². The van der Waals surface area contributed by atoms with Gasteiger partial charge in [0.1, 0.15) is 0 Å². The molecular formula is C14H19NOS. The van der Waals surface area contributed by atoms with Crippen LogP contribution in [0.25, 0.3) is 0 Å². The van der Waals surface area contributed by atoms with Crippen LogP contribution in [0.5, 0.6) is 0 Å². The Labute approximate surface area is 106 Å². The summed E-state index contributed by atoms with van der Waals surface area (Å²) in [5.41, 5.74) is 0.914. The quantitative estimate of drug-likeness (QED) is 0.763. The molecule has 0 aliphatic heterocycles. The Morgan fingerprint density at radius 3 is 2.29 bits per heavy atom. The molecule has 1 unspecified atom stereocenters. The predicted molar refractivity (Wildman–Crippen MR) is 73.2 cm³/mol. The van der Waals surface area contributed by atoms with Gasteiger partial charge >= 0.3 is 0 Å². The molecule has 1 atom stereocenters. The van der Waals surface area contributed by atoms with Crippen LogP contribution in [0.15, 0.2) is 29.2 Å². The molecule has 92 valence electrons. The van der Waals surface area contributed by atoms with Crippen molar-refractivity contribution >= 4 is 10.8 Å². The van der Waals surface area contributed by atoms with E-state index in [1.807, 2.05) is 45.2 Å². The first-order valence-electron chi connectivity index (χ1n) is 5.48. The lowest BCUT2D eigenvalue weighted by molar-refractivity contribution is 0.205. The zero-order valence-electron chi connectivity index (χ0n) is 10.9. The van der Waals surface area contributed by atoms with Crippen LogP contribution in [0.4, 0.5) is 0 Å². The van der Waals surface area contributed by atoms with Crippen LogP contribution in [-0.2, 0) is 17.3 Å². The molecule has 0 fully saturated rings. The van der Waals surface area contributed by atoms with Crippen LogP contribution >= 0.6 is 0 Å². The van der Waals surface area contributed by atoms with Gasteiger partial charge in [-0.2, -0.15) is 0 Å². The molecule has 0 aromatic heterocycles. The van der Waals surface area contributed by atoms with Crippen molar-refractivity contribution in [1.29, 1.82) is 0 Å². The van der Waals surface area contributed by atoms with Crippen molar-refractivity contribution in [3.05, 3.63) is 29.8 Å². The molecule has 1 aromatic carbocycles. The maximum Gasteiger partial charge on any atom is 0.0766 e. The normalized spacial score (nSPS) is 13.4. The molecule has 0 radical (unpaired) electrons. The summed E-state index contributed by atoms with van der Waals surface area (Å²) in [7, 11) is 1.09. The van der Waals surface area contributed by atoms with E-state index in [9.17, 15) is 4.21 Å². The minimum atomic E-state index is -0.915. The largest absolute Gasteiger partial charge is 0.287 e. The lowest BCUT2D eigenvalue weighted by Gasteiger charge is -2.30. The van der Waals surface area contributed by atoms with Gasteiger partial charge in [0.2, 0.25) is 0 Å². The highest BCUT2D eigenvalue weighted by molar-refractivity contribution is 7.84. The number of rotatable bonds is 4. The summed E-state index contributed by atoms with van der Waals surface area (Å²) in [5.74, 6) is 2.77. The Hall–Kier alpha value is -1.11. The predicted octanol–water partition coefficient (Wildman–Crippen LogP) is 2.27. The topological polar surface area (TPSA) is 20.3 Å². The van der Waals surface area contributed by atoms with Crippen molar-refractivity contribution < 1.29 is 4.21 Å². The second-order valence-electron chi connectivity index (χ2n) is 4.66. The molecule has 3 heteroatoms. The molecule has 0 bridgehead atoms. The van der Waals surface area contributed by atoms with Crippen molar-refractivity contribution in [2.75, 3.05) is 13.3 Å². The first-order chi connectivity index (χ1) is 7.86. The molecule has 17 heavy (non-hydrogen) atoms. The smallest absolute Gasteiger partial charge is 0.0766 e. The highest BCUT2D eigenvalue weighted by atomic mass is 32.2. The third-order valence-electron chi connectivity index (χ3n) is 2.98.